The minimum absolute atomic E-state index is 0.283. The van der Waals surface area contributed by atoms with Crippen LogP contribution in [0.4, 0.5) is 0 Å². The third-order valence-electron chi connectivity index (χ3n) is 5.97. The molecule has 1 N–H and O–H groups in total. The number of nitrogens with zero attached hydrogens (tertiary/aromatic N) is 1. The topological polar surface area (TPSA) is 24.8 Å². The van der Waals surface area contributed by atoms with E-state index in [1.807, 2.05) is 0 Å². The number of hydrogen-bond acceptors (Lipinski definition) is 1. The summed E-state index contributed by atoms with van der Waals surface area (Å²) in [5, 5.41) is 0. The second kappa shape index (κ2) is 8.15. The van der Waals surface area contributed by atoms with Gasteiger partial charge < -0.3 is 9.80 Å². The molecule has 0 bridgehead atoms. The Balaban J connectivity index is 1.46. The molecular formula is C21H33N2O+. The lowest BCUT2D eigenvalue weighted by atomic mass is 9.92. The highest BCUT2D eigenvalue weighted by molar-refractivity contribution is 5.79. The average Bonchev–Trinajstić information content (AvgIpc) is 2.62. The normalized spacial score (nSPS) is 29.2. The van der Waals surface area contributed by atoms with Crippen LogP contribution in [0.5, 0.6) is 0 Å². The van der Waals surface area contributed by atoms with Crippen LogP contribution in [0.3, 0.4) is 0 Å². The summed E-state index contributed by atoms with van der Waals surface area (Å²) in [6.45, 7) is 10.1. The molecule has 3 rings (SSSR count). The van der Waals surface area contributed by atoms with Gasteiger partial charge in [-0.25, -0.2) is 0 Å². The SMILES string of the molecule is C[C@@H]1CCCN(C(=O)C2CC[NH+](C[C@@H](C)c3ccccc3)CC2)C1. The second-order valence-corrected chi connectivity index (χ2v) is 8.07. The average molecular weight is 330 g/mol. The molecule has 2 saturated heterocycles. The zero-order valence-electron chi connectivity index (χ0n) is 15.3. The van der Waals surface area contributed by atoms with Gasteiger partial charge in [0.2, 0.25) is 5.91 Å². The molecule has 0 spiro atoms. The second-order valence-electron chi connectivity index (χ2n) is 8.07. The van der Waals surface area contributed by atoms with E-state index in [0.717, 1.165) is 39.0 Å². The highest BCUT2D eigenvalue weighted by Crippen LogP contribution is 2.21. The lowest BCUT2D eigenvalue weighted by molar-refractivity contribution is -0.907. The lowest BCUT2D eigenvalue weighted by Gasteiger charge is -2.36. The fourth-order valence-electron chi connectivity index (χ4n) is 4.46. The molecule has 0 radical (unpaired) electrons. The highest BCUT2D eigenvalue weighted by atomic mass is 16.2. The van der Waals surface area contributed by atoms with E-state index in [1.54, 1.807) is 4.90 Å². The van der Waals surface area contributed by atoms with Crippen LogP contribution in [0.2, 0.25) is 0 Å². The fraction of sp³-hybridized carbons (Fsp3) is 0.667. The minimum atomic E-state index is 0.283. The number of carbonyl (C=O) groups excluding carboxylic acids is 1. The first-order valence-corrected chi connectivity index (χ1v) is 9.80. The van der Waals surface area contributed by atoms with E-state index in [2.05, 4.69) is 49.1 Å². The summed E-state index contributed by atoms with van der Waals surface area (Å²) in [5.74, 6) is 2.00. The van der Waals surface area contributed by atoms with Crippen molar-refractivity contribution in [3.63, 3.8) is 0 Å². The molecule has 132 valence electrons. The van der Waals surface area contributed by atoms with Crippen molar-refractivity contribution in [3.8, 4) is 0 Å². The van der Waals surface area contributed by atoms with Crippen LogP contribution in [0.15, 0.2) is 30.3 Å². The van der Waals surface area contributed by atoms with Gasteiger partial charge in [0.1, 0.15) is 0 Å². The number of likely N-dealkylation sites (tertiary alicyclic amines) is 2. The first-order chi connectivity index (χ1) is 11.6. The predicted octanol–water partition coefficient (Wildman–Crippen LogP) is 2.34. The van der Waals surface area contributed by atoms with Crippen LogP contribution in [-0.2, 0) is 4.79 Å². The summed E-state index contributed by atoms with van der Waals surface area (Å²) in [6.07, 6.45) is 4.61. The van der Waals surface area contributed by atoms with Crippen molar-refractivity contribution >= 4 is 5.91 Å². The van der Waals surface area contributed by atoms with Gasteiger partial charge in [-0.1, -0.05) is 44.2 Å². The molecule has 0 saturated carbocycles. The molecule has 1 aromatic carbocycles. The van der Waals surface area contributed by atoms with E-state index in [9.17, 15) is 4.79 Å². The monoisotopic (exact) mass is 329 g/mol. The summed E-state index contributed by atoms with van der Waals surface area (Å²) >= 11 is 0. The Morgan fingerprint density at radius 2 is 1.92 bits per heavy atom. The Morgan fingerprint density at radius 1 is 1.21 bits per heavy atom. The van der Waals surface area contributed by atoms with Gasteiger partial charge in [-0.2, -0.15) is 0 Å². The van der Waals surface area contributed by atoms with Crippen molar-refractivity contribution in [2.45, 2.75) is 45.4 Å². The molecule has 3 heteroatoms. The first kappa shape index (κ1) is 17.5. The molecular weight excluding hydrogens is 296 g/mol. The van der Waals surface area contributed by atoms with E-state index in [4.69, 9.17) is 0 Å². The van der Waals surface area contributed by atoms with Crippen molar-refractivity contribution in [2.75, 3.05) is 32.7 Å². The first-order valence-electron chi connectivity index (χ1n) is 9.80. The maximum Gasteiger partial charge on any atom is 0.226 e. The molecule has 24 heavy (non-hydrogen) atoms. The minimum Gasteiger partial charge on any atom is -0.342 e. The molecule has 2 heterocycles. The number of benzene rings is 1. The molecule has 2 aliphatic rings. The molecule has 1 aromatic rings. The van der Waals surface area contributed by atoms with Gasteiger partial charge in [-0.15, -0.1) is 0 Å². The van der Waals surface area contributed by atoms with E-state index < -0.39 is 0 Å². The molecule has 3 nitrogen and oxygen atoms in total. The van der Waals surface area contributed by atoms with Crippen molar-refractivity contribution in [3.05, 3.63) is 35.9 Å². The molecule has 2 atom stereocenters. The van der Waals surface area contributed by atoms with Crippen LogP contribution >= 0.6 is 0 Å². The molecule has 0 aromatic heterocycles. The van der Waals surface area contributed by atoms with Gasteiger partial charge in [-0.3, -0.25) is 4.79 Å². The van der Waals surface area contributed by atoms with Gasteiger partial charge in [-0.05, 0) is 24.3 Å². The van der Waals surface area contributed by atoms with Gasteiger partial charge in [0.05, 0.1) is 19.6 Å². The quantitative estimate of drug-likeness (QED) is 0.901. The number of amides is 1. The van der Waals surface area contributed by atoms with Crippen LogP contribution in [-0.4, -0.2) is 43.5 Å². The zero-order chi connectivity index (χ0) is 16.9. The van der Waals surface area contributed by atoms with Crippen molar-refractivity contribution < 1.29 is 9.69 Å². The predicted molar refractivity (Wildman–Crippen MR) is 98.1 cm³/mol. The van der Waals surface area contributed by atoms with Gasteiger partial charge in [0.25, 0.3) is 0 Å². The Labute approximate surface area is 147 Å². The van der Waals surface area contributed by atoms with Crippen molar-refractivity contribution in [1.29, 1.82) is 0 Å². The number of quaternary nitrogens is 1. The third kappa shape index (κ3) is 4.38. The Kier molecular flexibility index (Phi) is 5.94. The van der Waals surface area contributed by atoms with E-state index in [1.165, 1.54) is 24.9 Å². The van der Waals surface area contributed by atoms with Crippen LogP contribution in [0.25, 0.3) is 0 Å². The van der Waals surface area contributed by atoms with Gasteiger partial charge in [0, 0.05) is 37.8 Å². The summed E-state index contributed by atoms with van der Waals surface area (Å²) < 4.78 is 0. The summed E-state index contributed by atoms with van der Waals surface area (Å²) in [4.78, 5) is 16.6. The number of rotatable bonds is 4. The smallest absolute Gasteiger partial charge is 0.226 e. The van der Waals surface area contributed by atoms with E-state index in [-0.39, 0.29) is 5.92 Å². The molecule has 2 aliphatic heterocycles. The summed E-state index contributed by atoms with van der Waals surface area (Å²) in [5.41, 5.74) is 1.44. The molecule has 1 amide bonds. The van der Waals surface area contributed by atoms with E-state index >= 15 is 0 Å². The number of carbonyl (C=O) groups is 1. The third-order valence-corrected chi connectivity index (χ3v) is 5.97. The highest BCUT2D eigenvalue weighted by Gasteiger charge is 2.32. The maximum absolute atomic E-state index is 12.8. The Bertz CT molecular complexity index is 522. The Hall–Kier alpha value is -1.35. The van der Waals surface area contributed by atoms with Crippen LogP contribution < -0.4 is 4.90 Å². The maximum atomic E-state index is 12.8. The number of nitrogens with one attached hydrogen (secondary N) is 1. The van der Waals surface area contributed by atoms with Gasteiger partial charge >= 0.3 is 0 Å². The lowest BCUT2D eigenvalue weighted by Crippen LogP contribution is -3.13. The fourth-order valence-corrected chi connectivity index (χ4v) is 4.46. The molecule has 0 aliphatic carbocycles. The summed E-state index contributed by atoms with van der Waals surface area (Å²) in [7, 11) is 0. The summed E-state index contributed by atoms with van der Waals surface area (Å²) in [6, 6.07) is 10.8. The van der Waals surface area contributed by atoms with Crippen LogP contribution in [0.1, 0.15) is 51.0 Å². The standard InChI is InChI=1S/C21H32N2O/c1-17-7-6-12-23(15-17)21(24)20-10-13-22(14-11-20)16-18(2)19-8-4-3-5-9-19/h3-5,8-9,17-18,20H,6-7,10-16H2,1-2H3/p+1/t17-,18-/m1/s1. The van der Waals surface area contributed by atoms with Crippen LogP contribution in [0, 0.1) is 11.8 Å². The van der Waals surface area contributed by atoms with Crippen molar-refractivity contribution in [2.24, 2.45) is 11.8 Å². The van der Waals surface area contributed by atoms with Gasteiger partial charge in [0.15, 0.2) is 0 Å². The number of hydrogen-bond donors (Lipinski definition) is 1. The number of piperidine rings is 2. The molecule has 2 fully saturated rings. The molecule has 0 unspecified atom stereocenters. The Morgan fingerprint density at radius 3 is 2.58 bits per heavy atom. The van der Waals surface area contributed by atoms with E-state index in [0.29, 0.717) is 17.7 Å². The zero-order valence-corrected chi connectivity index (χ0v) is 15.3. The largest absolute Gasteiger partial charge is 0.342 e. The van der Waals surface area contributed by atoms with Crippen molar-refractivity contribution in [1.82, 2.24) is 4.90 Å².